The van der Waals surface area contributed by atoms with Gasteiger partial charge in [-0.2, -0.15) is 0 Å². The van der Waals surface area contributed by atoms with E-state index in [9.17, 15) is 0 Å². The fourth-order valence-corrected chi connectivity index (χ4v) is 3.36. The molecule has 0 bridgehead atoms. The molecular weight excluding hydrogens is 254 g/mol. The summed E-state index contributed by atoms with van der Waals surface area (Å²) in [6.45, 7) is 11.8. The van der Waals surface area contributed by atoms with Crippen molar-refractivity contribution >= 4 is 11.3 Å². The molecule has 0 aromatic carbocycles. The topological polar surface area (TPSA) is 29.9 Å². The Morgan fingerprint density at radius 1 is 1.32 bits per heavy atom. The molecule has 2 aromatic heterocycles. The van der Waals surface area contributed by atoms with Gasteiger partial charge in [-0.15, -0.1) is 11.3 Å². The maximum absolute atomic E-state index is 4.31. The summed E-state index contributed by atoms with van der Waals surface area (Å²) in [6.07, 6.45) is 3.90. The third-order valence-electron chi connectivity index (χ3n) is 3.38. The maximum atomic E-state index is 4.31. The van der Waals surface area contributed by atoms with Gasteiger partial charge in [-0.05, 0) is 32.4 Å². The number of nitrogens with one attached hydrogen (secondary N) is 1. The molecule has 0 fully saturated rings. The summed E-state index contributed by atoms with van der Waals surface area (Å²) >= 11 is 1.87. The Morgan fingerprint density at radius 3 is 2.63 bits per heavy atom. The first-order valence-corrected chi connectivity index (χ1v) is 7.61. The molecule has 104 valence electrons. The van der Waals surface area contributed by atoms with Crippen molar-refractivity contribution in [3.63, 3.8) is 0 Å². The molecule has 0 spiro atoms. The highest BCUT2D eigenvalue weighted by atomic mass is 32.1. The van der Waals surface area contributed by atoms with Gasteiger partial charge in [-0.3, -0.25) is 0 Å². The molecule has 3 nitrogen and oxygen atoms in total. The van der Waals surface area contributed by atoms with Crippen LogP contribution in [0.25, 0.3) is 0 Å². The summed E-state index contributed by atoms with van der Waals surface area (Å²) in [5.41, 5.74) is 2.65. The van der Waals surface area contributed by atoms with Gasteiger partial charge in [0.15, 0.2) is 0 Å². The van der Waals surface area contributed by atoms with E-state index in [1.807, 2.05) is 23.9 Å². The number of aromatic nitrogens is 2. The van der Waals surface area contributed by atoms with Crippen LogP contribution in [-0.2, 0) is 6.54 Å². The highest BCUT2D eigenvalue weighted by molar-refractivity contribution is 7.12. The first-order chi connectivity index (χ1) is 8.99. The SMILES string of the molecule is Cc1cc(C(C)n2cncc2CNC(C)C)c(C)s1. The van der Waals surface area contributed by atoms with Crippen LogP contribution >= 0.6 is 11.3 Å². The average Bonchev–Trinajstić information content (AvgIpc) is 2.92. The molecule has 0 amide bonds. The van der Waals surface area contributed by atoms with E-state index >= 15 is 0 Å². The Kier molecular flexibility index (Phi) is 4.42. The lowest BCUT2D eigenvalue weighted by Crippen LogP contribution is -2.24. The molecule has 1 unspecified atom stereocenters. The van der Waals surface area contributed by atoms with Gasteiger partial charge in [0.05, 0.1) is 18.1 Å². The number of aryl methyl sites for hydroxylation is 2. The highest BCUT2D eigenvalue weighted by Gasteiger charge is 2.15. The second-order valence-corrected chi connectivity index (χ2v) is 6.83. The smallest absolute Gasteiger partial charge is 0.0954 e. The molecule has 19 heavy (non-hydrogen) atoms. The van der Waals surface area contributed by atoms with Gasteiger partial charge in [-0.1, -0.05) is 13.8 Å². The van der Waals surface area contributed by atoms with Crippen LogP contribution < -0.4 is 5.32 Å². The van der Waals surface area contributed by atoms with E-state index < -0.39 is 0 Å². The van der Waals surface area contributed by atoms with Crippen molar-refractivity contribution in [2.75, 3.05) is 0 Å². The second-order valence-electron chi connectivity index (χ2n) is 5.37. The average molecular weight is 277 g/mol. The quantitative estimate of drug-likeness (QED) is 0.903. The third kappa shape index (κ3) is 3.25. The van der Waals surface area contributed by atoms with E-state index in [0.29, 0.717) is 12.1 Å². The van der Waals surface area contributed by atoms with Crippen molar-refractivity contribution in [3.05, 3.63) is 39.6 Å². The number of imidazole rings is 1. The second kappa shape index (κ2) is 5.88. The van der Waals surface area contributed by atoms with Crippen LogP contribution in [0, 0.1) is 13.8 Å². The van der Waals surface area contributed by atoms with Crippen molar-refractivity contribution in [3.8, 4) is 0 Å². The highest BCUT2D eigenvalue weighted by Crippen LogP contribution is 2.29. The maximum Gasteiger partial charge on any atom is 0.0954 e. The molecule has 2 aromatic rings. The van der Waals surface area contributed by atoms with Crippen LogP contribution in [0.15, 0.2) is 18.6 Å². The Morgan fingerprint density at radius 2 is 2.05 bits per heavy atom. The van der Waals surface area contributed by atoms with Crippen LogP contribution in [0.1, 0.15) is 47.8 Å². The van der Waals surface area contributed by atoms with Crippen molar-refractivity contribution in [2.24, 2.45) is 0 Å². The first-order valence-electron chi connectivity index (χ1n) is 6.80. The number of rotatable bonds is 5. The summed E-state index contributed by atoms with van der Waals surface area (Å²) in [4.78, 5) is 7.09. The van der Waals surface area contributed by atoms with Crippen LogP contribution in [0.3, 0.4) is 0 Å². The van der Waals surface area contributed by atoms with E-state index in [2.05, 4.69) is 55.6 Å². The normalized spacial score (nSPS) is 13.2. The minimum absolute atomic E-state index is 0.344. The van der Waals surface area contributed by atoms with Crippen molar-refractivity contribution in [1.82, 2.24) is 14.9 Å². The number of hydrogen-bond acceptors (Lipinski definition) is 3. The van der Waals surface area contributed by atoms with Crippen molar-refractivity contribution in [1.29, 1.82) is 0 Å². The zero-order valence-electron chi connectivity index (χ0n) is 12.4. The largest absolute Gasteiger partial charge is 0.326 e. The number of thiophene rings is 1. The lowest BCUT2D eigenvalue weighted by atomic mass is 10.1. The Hall–Kier alpha value is -1.13. The molecule has 0 radical (unpaired) electrons. The van der Waals surface area contributed by atoms with Gasteiger partial charge in [0.2, 0.25) is 0 Å². The molecule has 4 heteroatoms. The molecule has 0 saturated heterocycles. The molecule has 1 atom stereocenters. The first kappa shape index (κ1) is 14.3. The monoisotopic (exact) mass is 277 g/mol. The van der Waals surface area contributed by atoms with Gasteiger partial charge in [-0.25, -0.2) is 4.98 Å². The number of hydrogen-bond donors (Lipinski definition) is 1. The standard InChI is InChI=1S/C15H23N3S/c1-10(2)17-8-14-7-16-9-18(14)12(4)15-6-11(3)19-13(15)5/h6-7,9-10,12,17H,8H2,1-5H3. The van der Waals surface area contributed by atoms with E-state index in [0.717, 1.165) is 6.54 Å². The fourth-order valence-electron chi connectivity index (χ4n) is 2.34. The molecule has 0 aliphatic heterocycles. The summed E-state index contributed by atoms with van der Waals surface area (Å²) < 4.78 is 2.27. The molecule has 0 aliphatic carbocycles. The zero-order valence-corrected chi connectivity index (χ0v) is 13.2. The van der Waals surface area contributed by atoms with Gasteiger partial charge < -0.3 is 9.88 Å². The predicted molar refractivity (Wildman–Crippen MR) is 81.8 cm³/mol. The summed E-state index contributed by atoms with van der Waals surface area (Å²) in [7, 11) is 0. The molecule has 2 heterocycles. The van der Waals surface area contributed by atoms with Crippen LogP contribution in [0.5, 0.6) is 0 Å². The van der Waals surface area contributed by atoms with Gasteiger partial charge in [0.25, 0.3) is 0 Å². The Labute approximate surface area is 119 Å². The molecule has 1 N–H and O–H groups in total. The fraction of sp³-hybridized carbons (Fsp3) is 0.533. The minimum Gasteiger partial charge on any atom is -0.326 e. The van der Waals surface area contributed by atoms with Crippen molar-refractivity contribution in [2.45, 2.75) is 53.2 Å². The van der Waals surface area contributed by atoms with Gasteiger partial charge in [0, 0.05) is 28.5 Å². The van der Waals surface area contributed by atoms with Crippen LogP contribution in [0.2, 0.25) is 0 Å². The molecule has 0 aliphatic rings. The molecule has 0 saturated carbocycles. The van der Waals surface area contributed by atoms with Crippen LogP contribution in [0.4, 0.5) is 0 Å². The third-order valence-corrected chi connectivity index (χ3v) is 4.37. The Bertz CT molecular complexity index is 539. The number of nitrogens with zero attached hydrogens (tertiary/aromatic N) is 2. The summed E-state index contributed by atoms with van der Waals surface area (Å²) in [5, 5.41) is 3.46. The molecule has 2 rings (SSSR count). The van der Waals surface area contributed by atoms with E-state index in [1.54, 1.807) is 0 Å². The van der Waals surface area contributed by atoms with E-state index in [-0.39, 0.29) is 0 Å². The van der Waals surface area contributed by atoms with Crippen molar-refractivity contribution < 1.29 is 0 Å². The van der Waals surface area contributed by atoms with Gasteiger partial charge >= 0.3 is 0 Å². The summed E-state index contributed by atoms with van der Waals surface area (Å²) in [5.74, 6) is 0. The van der Waals surface area contributed by atoms with E-state index in [4.69, 9.17) is 0 Å². The predicted octanol–water partition coefficient (Wildman–Crippen LogP) is 3.67. The minimum atomic E-state index is 0.344. The van der Waals surface area contributed by atoms with E-state index in [1.165, 1.54) is 21.0 Å². The summed E-state index contributed by atoms with van der Waals surface area (Å²) in [6, 6.07) is 3.13. The lowest BCUT2D eigenvalue weighted by Gasteiger charge is -2.18. The molecular formula is C15H23N3S. The lowest BCUT2D eigenvalue weighted by molar-refractivity contribution is 0.539. The zero-order chi connectivity index (χ0) is 14.0. The Balaban J connectivity index is 2.22. The van der Waals surface area contributed by atoms with Gasteiger partial charge in [0.1, 0.15) is 0 Å². The van der Waals surface area contributed by atoms with Crippen LogP contribution in [-0.4, -0.2) is 15.6 Å².